The highest BCUT2D eigenvalue weighted by Gasteiger charge is 2.30. The van der Waals surface area contributed by atoms with Crippen molar-refractivity contribution in [2.24, 2.45) is 0 Å². The van der Waals surface area contributed by atoms with Gasteiger partial charge in [0.25, 0.3) is 0 Å². The Morgan fingerprint density at radius 2 is 2.04 bits per heavy atom. The first-order chi connectivity index (χ1) is 10.7. The Morgan fingerprint density at radius 3 is 2.65 bits per heavy atom. The summed E-state index contributed by atoms with van der Waals surface area (Å²) in [5.41, 5.74) is 0.668. The molecule has 120 valence electrons. The van der Waals surface area contributed by atoms with Crippen molar-refractivity contribution in [1.29, 1.82) is 5.26 Å². The van der Waals surface area contributed by atoms with E-state index in [2.05, 4.69) is 5.32 Å². The fourth-order valence-electron chi connectivity index (χ4n) is 2.06. The van der Waals surface area contributed by atoms with E-state index in [0.29, 0.717) is 10.6 Å². The van der Waals surface area contributed by atoms with Crippen LogP contribution in [0.25, 0.3) is 0 Å². The minimum Gasteiger partial charge on any atom is -0.316 e. The van der Waals surface area contributed by atoms with E-state index in [0.717, 1.165) is 22.6 Å². The Hall–Kier alpha value is -2.33. The minimum atomic E-state index is -4.44. The van der Waals surface area contributed by atoms with Gasteiger partial charge in [0.1, 0.15) is 11.1 Å². The molecule has 0 aliphatic carbocycles. The summed E-state index contributed by atoms with van der Waals surface area (Å²) >= 11 is 1.28. The molecule has 2 aromatic rings. The molecule has 1 heterocycles. The summed E-state index contributed by atoms with van der Waals surface area (Å²) in [6.07, 6.45) is -4.63. The topological polar surface area (TPSA) is 52.9 Å². The number of benzene rings is 1. The molecular weight excluding hydrogens is 325 g/mol. The Labute approximate surface area is 135 Å². The van der Waals surface area contributed by atoms with Crippen LogP contribution in [0.4, 0.5) is 18.2 Å². The molecule has 1 aromatic heterocycles. The average molecular weight is 338 g/mol. The average Bonchev–Trinajstić information content (AvgIpc) is 2.72. The van der Waals surface area contributed by atoms with Gasteiger partial charge in [0.2, 0.25) is 5.91 Å². The zero-order valence-electron chi connectivity index (χ0n) is 12.4. The number of aryl methyl sites for hydroxylation is 1. The van der Waals surface area contributed by atoms with Crippen LogP contribution in [0.2, 0.25) is 0 Å². The molecule has 0 saturated heterocycles. The van der Waals surface area contributed by atoms with Gasteiger partial charge in [-0.2, -0.15) is 18.4 Å². The van der Waals surface area contributed by atoms with E-state index in [1.165, 1.54) is 23.5 Å². The van der Waals surface area contributed by atoms with E-state index >= 15 is 0 Å². The molecular formula is C16H13F3N2OS. The van der Waals surface area contributed by atoms with E-state index in [-0.39, 0.29) is 12.0 Å². The number of hydrogen-bond donors (Lipinski definition) is 1. The first-order valence-corrected chi connectivity index (χ1v) is 7.50. The molecule has 0 fully saturated rings. The molecule has 3 nitrogen and oxygen atoms in total. The molecule has 0 spiro atoms. The number of hydrogen-bond acceptors (Lipinski definition) is 3. The van der Waals surface area contributed by atoms with Crippen molar-refractivity contribution in [2.75, 3.05) is 5.32 Å². The van der Waals surface area contributed by atoms with E-state index < -0.39 is 17.6 Å². The quantitative estimate of drug-likeness (QED) is 0.900. The van der Waals surface area contributed by atoms with Crippen molar-refractivity contribution < 1.29 is 18.0 Å². The smallest absolute Gasteiger partial charge is 0.316 e. The van der Waals surface area contributed by atoms with Crippen LogP contribution in [0.15, 0.2) is 24.3 Å². The second-order valence-corrected chi connectivity index (χ2v) is 6.25. The molecule has 1 N–H and O–H groups in total. The Bertz CT molecular complexity index is 788. The highest BCUT2D eigenvalue weighted by Crippen LogP contribution is 2.32. The zero-order chi connectivity index (χ0) is 17.2. The Kier molecular flexibility index (Phi) is 4.76. The SMILES string of the molecule is Cc1sc(NC(=O)Cc2cccc(C(F)(F)F)c2)c(C#N)c1C. The maximum absolute atomic E-state index is 12.7. The first kappa shape index (κ1) is 17.0. The van der Waals surface area contributed by atoms with E-state index in [4.69, 9.17) is 5.26 Å². The number of amides is 1. The second-order valence-electron chi connectivity index (χ2n) is 5.02. The van der Waals surface area contributed by atoms with Crippen LogP contribution in [-0.2, 0) is 17.4 Å². The highest BCUT2D eigenvalue weighted by molar-refractivity contribution is 7.16. The van der Waals surface area contributed by atoms with Crippen LogP contribution in [-0.4, -0.2) is 5.91 Å². The van der Waals surface area contributed by atoms with Gasteiger partial charge in [0.05, 0.1) is 17.5 Å². The summed E-state index contributed by atoms with van der Waals surface area (Å²) in [5.74, 6) is -0.456. The number of carbonyl (C=O) groups excluding carboxylic acids is 1. The van der Waals surface area contributed by atoms with Gasteiger partial charge in [-0.15, -0.1) is 11.3 Å². The first-order valence-electron chi connectivity index (χ1n) is 6.68. The third kappa shape index (κ3) is 3.90. The van der Waals surface area contributed by atoms with Crippen LogP contribution >= 0.6 is 11.3 Å². The number of anilines is 1. The lowest BCUT2D eigenvalue weighted by Gasteiger charge is -2.09. The standard InChI is InChI=1S/C16H13F3N2OS/c1-9-10(2)23-15(13(9)8-20)21-14(22)7-11-4-3-5-12(6-11)16(17,18)19/h3-6H,7H2,1-2H3,(H,21,22). The molecule has 0 bridgehead atoms. The van der Waals surface area contributed by atoms with Crippen LogP contribution < -0.4 is 5.32 Å². The molecule has 2 rings (SSSR count). The lowest BCUT2D eigenvalue weighted by Crippen LogP contribution is -2.15. The van der Waals surface area contributed by atoms with Crippen molar-refractivity contribution in [1.82, 2.24) is 0 Å². The van der Waals surface area contributed by atoms with Gasteiger partial charge in [-0.05, 0) is 31.0 Å². The number of rotatable bonds is 3. The molecule has 0 aliphatic rings. The normalized spacial score (nSPS) is 11.1. The van der Waals surface area contributed by atoms with E-state index in [1.54, 1.807) is 6.92 Å². The van der Waals surface area contributed by atoms with Gasteiger partial charge >= 0.3 is 6.18 Å². The van der Waals surface area contributed by atoms with Crippen molar-refractivity contribution in [3.63, 3.8) is 0 Å². The molecule has 7 heteroatoms. The number of halogens is 3. The lowest BCUT2D eigenvalue weighted by atomic mass is 10.1. The summed E-state index contributed by atoms with van der Waals surface area (Å²) in [6, 6.07) is 6.68. The van der Waals surface area contributed by atoms with Crippen LogP contribution in [0.3, 0.4) is 0 Å². The van der Waals surface area contributed by atoms with Gasteiger partial charge in [-0.25, -0.2) is 0 Å². The molecule has 0 atom stereocenters. The molecule has 0 saturated carbocycles. The van der Waals surface area contributed by atoms with E-state index in [9.17, 15) is 18.0 Å². The number of carbonyl (C=O) groups is 1. The number of alkyl halides is 3. The monoisotopic (exact) mass is 338 g/mol. The van der Waals surface area contributed by atoms with Crippen molar-refractivity contribution in [3.8, 4) is 6.07 Å². The van der Waals surface area contributed by atoms with Gasteiger partial charge in [0.15, 0.2) is 0 Å². The van der Waals surface area contributed by atoms with Gasteiger partial charge in [-0.1, -0.05) is 18.2 Å². The summed E-state index contributed by atoms with van der Waals surface area (Å²) < 4.78 is 38.0. The predicted molar refractivity (Wildman–Crippen MR) is 82.3 cm³/mol. The van der Waals surface area contributed by atoms with Gasteiger partial charge < -0.3 is 5.32 Å². The third-order valence-corrected chi connectivity index (χ3v) is 4.49. The molecule has 1 aromatic carbocycles. The lowest BCUT2D eigenvalue weighted by molar-refractivity contribution is -0.137. The third-order valence-electron chi connectivity index (χ3n) is 3.37. The molecule has 0 aliphatic heterocycles. The number of nitriles is 1. The molecule has 1 amide bonds. The van der Waals surface area contributed by atoms with Crippen molar-refractivity contribution in [2.45, 2.75) is 26.4 Å². The zero-order valence-corrected chi connectivity index (χ0v) is 13.2. The van der Waals surface area contributed by atoms with Crippen molar-refractivity contribution >= 4 is 22.2 Å². The Balaban J connectivity index is 2.15. The Morgan fingerprint density at radius 1 is 1.35 bits per heavy atom. The predicted octanol–water partition coefficient (Wildman–Crippen LogP) is 4.44. The largest absolute Gasteiger partial charge is 0.416 e. The van der Waals surface area contributed by atoms with Crippen molar-refractivity contribution in [3.05, 3.63) is 51.4 Å². The molecule has 0 unspecified atom stereocenters. The fourth-order valence-corrected chi connectivity index (χ4v) is 3.09. The van der Waals surface area contributed by atoms with E-state index in [1.807, 2.05) is 13.0 Å². The number of nitrogens with one attached hydrogen (secondary N) is 1. The van der Waals surface area contributed by atoms with Crippen LogP contribution in [0.5, 0.6) is 0 Å². The maximum Gasteiger partial charge on any atom is 0.416 e. The fraction of sp³-hybridized carbons (Fsp3) is 0.250. The van der Waals surface area contributed by atoms with Crippen LogP contribution in [0, 0.1) is 25.2 Å². The summed E-state index contributed by atoms with van der Waals surface area (Å²) in [7, 11) is 0. The highest BCUT2D eigenvalue weighted by atomic mass is 32.1. The summed E-state index contributed by atoms with van der Waals surface area (Å²) in [6.45, 7) is 3.62. The maximum atomic E-state index is 12.7. The summed E-state index contributed by atoms with van der Waals surface area (Å²) in [4.78, 5) is 12.9. The van der Waals surface area contributed by atoms with Crippen LogP contribution in [0.1, 0.15) is 27.1 Å². The number of thiophene rings is 1. The molecule has 0 radical (unpaired) electrons. The van der Waals surface area contributed by atoms with Gasteiger partial charge in [0, 0.05) is 4.88 Å². The molecule has 23 heavy (non-hydrogen) atoms. The minimum absolute atomic E-state index is 0.190. The number of nitrogens with zero attached hydrogens (tertiary/aromatic N) is 1. The summed E-state index contributed by atoms with van der Waals surface area (Å²) in [5, 5.41) is 12.2. The second kappa shape index (κ2) is 6.42. The van der Waals surface area contributed by atoms with Gasteiger partial charge in [-0.3, -0.25) is 4.79 Å².